The maximum absolute atomic E-state index is 12.8. The Morgan fingerprint density at radius 3 is 2.50 bits per heavy atom. The van der Waals surface area contributed by atoms with Crippen molar-refractivity contribution in [1.29, 1.82) is 0 Å². The summed E-state index contributed by atoms with van der Waals surface area (Å²) in [5.74, 6) is -0.0315. The highest BCUT2D eigenvalue weighted by molar-refractivity contribution is 7.83. The maximum Gasteiger partial charge on any atom is 0.245 e. The summed E-state index contributed by atoms with van der Waals surface area (Å²) in [6.07, 6.45) is 7.93. The van der Waals surface area contributed by atoms with Crippen LogP contribution < -0.4 is 5.73 Å². The van der Waals surface area contributed by atoms with Crippen molar-refractivity contribution < 1.29 is 9.00 Å². The molecular formula is C20H27N3O2S. The topological polar surface area (TPSA) is 66.6 Å². The van der Waals surface area contributed by atoms with E-state index in [1.165, 1.54) is 11.1 Å². The van der Waals surface area contributed by atoms with Crippen molar-refractivity contribution in [1.82, 2.24) is 9.21 Å². The fourth-order valence-electron chi connectivity index (χ4n) is 3.51. The average Bonchev–Trinajstić information content (AvgIpc) is 3.12. The van der Waals surface area contributed by atoms with Gasteiger partial charge in [0, 0.05) is 31.1 Å². The van der Waals surface area contributed by atoms with Gasteiger partial charge in [-0.3, -0.25) is 4.79 Å². The minimum absolute atomic E-state index is 0.0138. The Bertz CT molecular complexity index is 740. The molecule has 6 heteroatoms. The Kier molecular flexibility index (Phi) is 6.06. The minimum Gasteiger partial charge on any atom is -0.366 e. The third-order valence-electron chi connectivity index (χ3n) is 4.94. The van der Waals surface area contributed by atoms with Crippen LogP contribution in [0.3, 0.4) is 0 Å². The van der Waals surface area contributed by atoms with Gasteiger partial charge in [0.1, 0.15) is 11.0 Å². The zero-order valence-electron chi connectivity index (χ0n) is 15.4. The molecule has 3 rings (SSSR count). The Morgan fingerprint density at radius 1 is 1.23 bits per heavy atom. The summed E-state index contributed by atoms with van der Waals surface area (Å²) in [6.45, 7) is 1.87. The number of nitrogens with zero attached hydrogens (tertiary/aromatic N) is 2. The molecule has 0 spiro atoms. The Morgan fingerprint density at radius 2 is 1.96 bits per heavy atom. The van der Waals surface area contributed by atoms with Gasteiger partial charge < -0.3 is 10.6 Å². The molecular weight excluding hydrogens is 346 g/mol. The number of benzene rings is 1. The summed E-state index contributed by atoms with van der Waals surface area (Å²) in [4.78, 5) is 13.4. The monoisotopic (exact) mass is 373 g/mol. The van der Waals surface area contributed by atoms with E-state index >= 15 is 0 Å². The largest absolute Gasteiger partial charge is 0.366 e. The summed E-state index contributed by atoms with van der Waals surface area (Å²) in [5.41, 5.74) is 8.49. The smallest absolute Gasteiger partial charge is 0.245 e. The Hall–Kier alpha value is -1.76. The quantitative estimate of drug-likeness (QED) is 0.775. The van der Waals surface area contributed by atoms with Gasteiger partial charge in [0.15, 0.2) is 0 Å². The number of primary amides is 1. The molecule has 2 aliphatic rings. The molecule has 0 fully saturated rings. The van der Waals surface area contributed by atoms with Crippen molar-refractivity contribution in [2.45, 2.75) is 30.6 Å². The van der Waals surface area contributed by atoms with Crippen molar-refractivity contribution in [2.24, 2.45) is 5.73 Å². The molecule has 2 N–H and O–H groups in total. The molecule has 0 bridgehead atoms. The van der Waals surface area contributed by atoms with Crippen LogP contribution in [0.1, 0.15) is 29.9 Å². The van der Waals surface area contributed by atoms with Gasteiger partial charge >= 0.3 is 0 Å². The van der Waals surface area contributed by atoms with Crippen LogP contribution in [0.2, 0.25) is 0 Å². The highest BCUT2D eigenvalue weighted by Gasteiger charge is 2.29. The van der Waals surface area contributed by atoms with E-state index in [4.69, 9.17) is 5.73 Å². The van der Waals surface area contributed by atoms with E-state index in [-0.39, 0.29) is 5.25 Å². The number of hydrogen-bond acceptors (Lipinski definition) is 3. The Labute approximate surface area is 158 Å². The molecule has 140 valence electrons. The number of carbonyl (C=O) groups excluding carboxylic acids is 1. The lowest BCUT2D eigenvalue weighted by atomic mass is 9.89. The van der Waals surface area contributed by atoms with Gasteiger partial charge in [0.2, 0.25) is 5.91 Å². The first-order valence-corrected chi connectivity index (χ1v) is 10.2. The van der Waals surface area contributed by atoms with E-state index in [1.54, 1.807) is 6.08 Å². The van der Waals surface area contributed by atoms with Gasteiger partial charge in [0.05, 0.1) is 5.25 Å². The van der Waals surface area contributed by atoms with Crippen LogP contribution >= 0.6 is 0 Å². The molecule has 3 atom stereocenters. The summed E-state index contributed by atoms with van der Waals surface area (Å²) >= 11 is 0. The summed E-state index contributed by atoms with van der Waals surface area (Å²) < 4.78 is 14.6. The molecule has 0 saturated carbocycles. The molecule has 26 heavy (non-hydrogen) atoms. The molecule has 1 aromatic carbocycles. The van der Waals surface area contributed by atoms with Crippen LogP contribution in [-0.2, 0) is 22.3 Å². The Balaban J connectivity index is 1.58. The fourth-order valence-corrected chi connectivity index (χ4v) is 4.95. The normalized spacial score (nSPS) is 24.7. The number of amides is 1. The van der Waals surface area contributed by atoms with E-state index in [0.717, 1.165) is 19.4 Å². The van der Waals surface area contributed by atoms with Crippen LogP contribution in [0.5, 0.6) is 0 Å². The molecule has 1 amide bonds. The lowest BCUT2D eigenvalue weighted by Crippen LogP contribution is -2.33. The van der Waals surface area contributed by atoms with Crippen LogP contribution in [0.25, 0.3) is 0 Å². The molecule has 3 unspecified atom stereocenters. The van der Waals surface area contributed by atoms with Crippen molar-refractivity contribution in [3.05, 3.63) is 59.2 Å². The number of rotatable bonds is 6. The summed E-state index contributed by atoms with van der Waals surface area (Å²) in [7, 11) is 3.02. The predicted molar refractivity (Wildman–Crippen MR) is 106 cm³/mol. The van der Waals surface area contributed by atoms with E-state index < -0.39 is 16.9 Å². The average molecular weight is 374 g/mol. The first-order valence-electron chi connectivity index (χ1n) is 9.00. The highest BCUT2D eigenvalue weighted by atomic mass is 32.2. The van der Waals surface area contributed by atoms with Gasteiger partial charge in [-0.05, 0) is 38.1 Å². The lowest BCUT2D eigenvalue weighted by Gasteiger charge is -2.26. The molecule has 1 aliphatic heterocycles. The second-order valence-electron chi connectivity index (χ2n) is 7.28. The van der Waals surface area contributed by atoms with Crippen LogP contribution in [0, 0.1) is 0 Å². The molecule has 1 aliphatic carbocycles. The van der Waals surface area contributed by atoms with Crippen molar-refractivity contribution >= 4 is 16.9 Å². The number of nitrogens with two attached hydrogens (primary N) is 1. The predicted octanol–water partition coefficient (Wildman–Crippen LogP) is 1.94. The van der Waals surface area contributed by atoms with E-state index in [9.17, 15) is 9.00 Å². The number of hydrogen-bond donors (Lipinski definition) is 1. The molecule has 1 heterocycles. The molecule has 5 nitrogen and oxygen atoms in total. The third-order valence-corrected chi connectivity index (χ3v) is 6.64. The minimum atomic E-state index is -1.12. The second-order valence-corrected chi connectivity index (χ2v) is 8.95. The van der Waals surface area contributed by atoms with Crippen LogP contribution in [0.15, 0.2) is 48.1 Å². The third kappa shape index (κ3) is 4.50. The van der Waals surface area contributed by atoms with E-state index in [1.807, 2.05) is 4.31 Å². The van der Waals surface area contributed by atoms with Gasteiger partial charge in [-0.25, -0.2) is 8.51 Å². The van der Waals surface area contributed by atoms with Gasteiger partial charge in [-0.1, -0.05) is 42.5 Å². The first-order chi connectivity index (χ1) is 12.4. The molecule has 1 aromatic rings. The zero-order chi connectivity index (χ0) is 18.7. The van der Waals surface area contributed by atoms with Crippen LogP contribution in [0.4, 0.5) is 0 Å². The van der Waals surface area contributed by atoms with Crippen molar-refractivity contribution in [3.63, 3.8) is 0 Å². The van der Waals surface area contributed by atoms with Gasteiger partial charge in [-0.2, -0.15) is 0 Å². The SMILES string of the molecule is CN(C)Cc1ccc(C2C=CC(S(=O)N3CC=C(C(N)=O)C3)CC2)cc1. The van der Waals surface area contributed by atoms with E-state index in [0.29, 0.717) is 24.6 Å². The summed E-state index contributed by atoms with van der Waals surface area (Å²) in [6, 6.07) is 8.78. The summed E-state index contributed by atoms with van der Waals surface area (Å²) in [5, 5.41) is 0.0138. The number of carbonyl (C=O) groups is 1. The fraction of sp³-hybridized carbons (Fsp3) is 0.450. The van der Waals surface area contributed by atoms with Gasteiger partial charge in [0.25, 0.3) is 0 Å². The molecule has 0 radical (unpaired) electrons. The number of allylic oxidation sites excluding steroid dienone is 1. The van der Waals surface area contributed by atoms with Crippen molar-refractivity contribution in [3.8, 4) is 0 Å². The maximum atomic E-state index is 12.8. The van der Waals surface area contributed by atoms with E-state index in [2.05, 4.69) is 55.4 Å². The zero-order valence-corrected chi connectivity index (χ0v) is 16.2. The standard InChI is InChI=1S/C20H27N3O2S/c1-22(2)13-15-3-5-16(6-4-15)17-7-9-19(10-8-17)26(25)23-12-11-18(14-23)20(21)24/h3-7,9,11,17,19H,8,10,12-14H2,1-2H3,(H2,21,24). The van der Waals surface area contributed by atoms with Crippen molar-refractivity contribution in [2.75, 3.05) is 27.2 Å². The second kappa shape index (κ2) is 8.29. The molecule has 0 aromatic heterocycles. The molecule has 0 saturated heterocycles. The lowest BCUT2D eigenvalue weighted by molar-refractivity contribution is -0.114. The van der Waals surface area contributed by atoms with Crippen LogP contribution in [-0.4, -0.2) is 51.8 Å². The van der Waals surface area contributed by atoms with Gasteiger partial charge in [-0.15, -0.1) is 0 Å². The highest BCUT2D eigenvalue weighted by Crippen LogP contribution is 2.31. The first kappa shape index (κ1) is 19.0.